The molecule has 5 rings (SSSR count). The van der Waals surface area contributed by atoms with E-state index in [2.05, 4.69) is 39.3 Å². The SMILES string of the molecule is CC1(C)[C@H]2CC[C@]1(c1cncc(C(=O)NCCC#N)n1)c1nnc(-c3c(F)cccc3F)cc12. The minimum Gasteiger partial charge on any atom is -0.350 e. The topological polar surface area (TPSA) is 104 Å². The van der Waals surface area contributed by atoms with Crippen molar-refractivity contribution < 1.29 is 13.6 Å². The lowest BCUT2D eigenvalue weighted by atomic mass is 9.66. The molecule has 0 spiro atoms. The Kier molecular flexibility index (Phi) is 5.12. The molecule has 2 aromatic heterocycles. The van der Waals surface area contributed by atoms with Gasteiger partial charge in [0, 0.05) is 12.7 Å². The Hall–Kier alpha value is -3.80. The first-order valence-corrected chi connectivity index (χ1v) is 11.1. The molecule has 2 aliphatic carbocycles. The van der Waals surface area contributed by atoms with Crippen LogP contribution in [0.2, 0.25) is 0 Å². The van der Waals surface area contributed by atoms with Crippen molar-refractivity contribution in [3.05, 3.63) is 70.9 Å². The van der Waals surface area contributed by atoms with Gasteiger partial charge in [0.15, 0.2) is 0 Å². The number of benzene rings is 1. The second-order valence-corrected chi connectivity index (χ2v) is 9.30. The number of nitriles is 1. The third-order valence-electron chi connectivity index (χ3n) is 7.43. The van der Waals surface area contributed by atoms with Crippen LogP contribution < -0.4 is 5.32 Å². The molecular weight excluding hydrogens is 438 g/mol. The normalized spacial score (nSPS) is 21.7. The predicted octanol–water partition coefficient (Wildman–Crippen LogP) is 4.06. The van der Waals surface area contributed by atoms with Gasteiger partial charge in [0.2, 0.25) is 0 Å². The number of fused-ring (bicyclic) bond motifs is 5. The third-order valence-corrected chi connectivity index (χ3v) is 7.43. The minimum absolute atomic E-state index is 0.0847. The van der Waals surface area contributed by atoms with E-state index >= 15 is 0 Å². The summed E-state index contributed by atoms with van der Waals surface area (Å²) in [5.74, 6) is -1.69. The van der Waals surface area contributed by atoms with Crippen molar-refractivity contribution in [3.8, 4) is 17.3 Å². The van der Waals surface area contributed by atoms with Gasteiger partial charge < -0.3 is 5.32 Å². The average molecular weight is 460 g/mol. The molecule has 1 amide bonds. The maximum Gasteiger partial charge on any atom is 0.271 e. The van der Waals surface area contributed by atoms with Crippen LogP contribution in [0.4, 0.5) is 8.78 Å². The number of nitrogens with one attached hydrogen (secondary N) is 1. The monoisotopic (exact) mass is 460 g/mol. The summed E-state index contributed by atoms with van der Waals surface area (Å²) >= 11 is 0. The fourth-order valence-corrected chi connectivity index (χ4v) is 5.76. The van der Waals surface area contributed by atoms with Crippen LogP contribution in [0.25, 0.3) is 11.3 Å². The first kappa shape index (κ1) is 22.0. The molecule has 0 unspecified atom stereocenters. The van der Waals surface area contributed by atoms with Crippen molar-refractivity contribution in [1.29, 1.82) is 5.26 Å². The first-order valence-electron chi connectivity index (χ1n) is 11.1. The summed E-state index contributed by atoms with van der Waals surface area (Å²) in [7, 11) is 0. The molecule has 172 valence electrons. The third kappa shape index (κ3) is 3.01. The lowest BCUT2D eigenvalue weighted by Crippen LogP contribution is -2.38. The Morgan fingerprint density at radius 1 is 1.24 bits per heavy atom. The van der Waals surface area contributed by atoms with Crippen LogP contribution in [0.3, 0.4) is 0 Å². The number of carbonyl (C=O) groups excluding carboxylic acids is 1. The Bertz CT molecular complexity index is 1330. The fraction of sp³-hybridized carbons (Fsp3) is 0.360. The minimum atomic E-state index is -0.688. The highest BCUT2D eigenvalue weighted by Gasteiger charge is 2.65. The van der Waals surface area contributed by atoms with Gasteiger partial charge in [-0.3, -0.25) is 9.78 Å². The second kappa shape index (κ2) is 7.90. The van der Waals surface area contributed by atoms with Crippen molar-refractivity contribution in [3.63, 3.8) is 0 Å². The van der Waals surface area contributed by atoms with Gasteiger partial charge in [0.05, 0.1) is 46.7 Å². The van der Waals surface area contributed by atoms with Gasteiger partial charge in [0.25, 0.3) is 5.91 Å². The maximum atomic E-state index is 14.4. The van der Waals surface area contributed by atoms with E-state index < -0.39 is 23.0 Å². The van der Waals surface area contributed by atoms with Gasteiger partial charge in [-0.25, -0.2) is 13.8 Å². The first-order chi connectivity index (χ1) is 16.3. The number of carbonyl (C=O) groups is 1. The zero-order valence-corrected chi connectivity index (χ0v) is 18.8. The molecule has 1 fully saturated rings. The molecule has 2 bridgehead atoms. The molecule has 1 N–H and O–H groups in total. The van der Waals surface area contributed by atoms with Gasteiger partial charge in [0.1, 0.15) is 17.3 Å². The summed E-state index contributed by atoms with van der Waals surface area (Å²) in [6, 6.07) is 7.44. The van der Waals surface area contributed by atoms with Crippen LogP contribution in [0.1, 0.15) is 66.5 Å². The number of nitrogens with zero attached hydrogens (tertiary/aromatic N) is 5. The van der Waals surface area contributed by atoms with Crippen LogP contribution in [0.5, 0.6) is 0 Å². The van der Waals surface area contributed by atoms with Crippen molar-refractivity contribution in [2.45, 2.75) is 44.4 Å². The second-order valence-electron chi connectivity index (χ2n) is 9.30. The summed E-state index contributed by atoms with van der Waals surface area (Å²) in [5.41, 5.74) is 1.39. The van der Waals surface area contributed by atoms with E-state index in [1.165, 1.54) is 24.4 Å². The Morgan fingerprint density at radius 3 is 2.74 bits per heavy atom. The molecule has 0 aliphatic heterocycles. The van der Waals surface area contributed by atoms with Crippen molar-refractivity contribution in [2.24, 2.45) is 5.41 Å². The zero-order valence-electron chi connectivity index (χ0n) is 18.8. The smallest absolute Gasteiger partial charge is 0.271 e. The maximum absolute atomic E-state index is 14.4. The van der Waals surface area contributed by atoms with Crippen molar-refractivity contribution in [2.75, 3.05) is 6.54 Å². The molecule has 34 heavy (non-hydrogen) atoms. The standard InChI is InChI=1S/C25H22F2N6O/c1-24(2)15-7-8-25(24,20-13-29-12-19(31-20)23(34)30-10-4-9-28)22-14(15)11-18(32-33-22)21-16(26)5-3-6-17(21)27/h3,5-6,11-13,15H,4,7-8,10H2,1-2H3,(H,30,34)/t15-,25-/m0/s1. The highest BCUT2D eigenvalue weighted by Crippen LogP contribution is 2.69. The largest absolute Gasteiger partial charge is 0.350 e. The Labute approximate surface area is 195 Å². The molecule has 1 aromatic carbocycles. The van der Waals surface area contributed by atoms with E-state index in [1.807, 2.05) is 6.07 Å². The van der Waals surface area contributed by atoms with Crippen LogP contribution in [-0.4, -0.2) is 32.6 Å². The molecule has 9 heteroatoms. The number of halogens is 2. The summed E-state index contributed by atoms with van der Waals surface area (Å²) in [5, 5.41) is 20.1. The molecule has 7 nitrogen and oxygen atoms in total. The van der Waals surface area contributed by atoms with Gasteiger partial charge >= 0.3 is 0 Å². The van der Waals surface area contributed by atoms with Crippen LogP contribution in [0.15, 0.2) is 36.7 Å². The molecule has 2 atom stereocenters. The van der Waals surface area contributed by atoms with Crippen molar-refractivity contribution in [1.82, 2.24) is 25.5 Å². The predicted molar refractivity (Wildman–Crippen MR) is 119 cm³/mol. The van der Waals surface area contributed by atoms with Gasteiger partial charge in [-0.1, -0.05) is 19.9 Å². The number of rotatable bonds is 5. The molecule has 0 radical (unpaired) electrons. The Balaban J connectivity index is 1.60. The van der Waals surface area contributed by atoms with E-state index in [1.54, 1.807) is 12.3 Å². The van der Waals surface area contributed by atoms with E-state index in [9.17, 15) is 13.6 Å². The summed E-state index contributed by atoms with van der Waals surface area (Å²) in [6.07, 6.45) is 4.83. The average Bonchev–Trinajstić information content (AvgIpc) is 3.20. The van der Waals surface area contributed by atoms with E-state index in [0.29, 0.717) is 11.4 Å². The molecule has 1 saturated carbocycles. The van der Waals surface area contributed by atoms with Gasteiger partial charge in [-0.15, -0.1) is 5.10 Å². The van der Waals surface area contributed by atoms with E-state index in [4.69, 9.17) is 5.26 Å². The van der Waals surface area contributed by atoms with Crippen LogP contribution in [-0.2, 0) is 5.41 Å². The zero-order chi connectivity index (χ0) is 24.1. The van der Waals surface area contributed by atoms with E-state index in [0.717, 1.165) is 18.4 Å². The van der Waals surface area contributed by atoms with Crippen LogP contribution in [0, 0.1) is 28.4 Å². The molecular formula is C25H22F2N6O. The molecule has 0 saturated heterocycles. The van der Waals surface area contributed by atoms with Gasteiger partial charge in [-0.2, -0.15) is 10.4 Å². The molecule has 2 aliphatic rings. The number of hydrogen-bond acceptors (Lipinski definition) is 6. The lowest BCUT2D eigenvalue weighted by Gasteiger charge is -2.37. The van der Waals surface area contributed by atoms with Crippen LogP contribution >= 0.6 is 0 Å². The summed E-state index contributed by atoms with van der Waals surface area (Å²) < 4.78 is 28.8. The number of hydrogen-bond donors (Lipinski definition) is 1. The quantitative estimate of drug-likeness (QED) is 0.576. The highest BCUT2D eigenvalue weighted by molar-refractivity contribution is 5.92. The summed E-state index contributed by atoms with van der Waals surface area (Å²) in [4.78, 5) is 21.5. The number of amides is 1. The van der Waals surface area contributed by atoms with E-state index in [-0.39, 0.29) is 41.2 Å². The number of aromatic nitrogens is 4. The Morgan fingerprint density at radius 2 is 2.00 bits per heavy atom. The van der Waals surface area contributed by atoms with Crippen molar-refractivity contribution >= 4 is 5.91 Å². The molecule has 2 heterocycles. The lowest BCUT2D eigenvalue weighted by molar-refractivity contribution is 0.0948. The summed E-state index contributed by atoms with van der Waals surface area (Å²) in [6.45, 7) is 4.47. The van der Waals surface area contributed by atoms with Gasteiger partial charge in [-0.05, 0) is 47.9 Å². The highest BCUT2D eigenvalue weighted by atomic mass is 19.1. The fourth-order valence-electron chi connectivity index (χ4n) is 5.76. The molecule has 3 aromatic rings.